The zero-order valence-corrected chi connectivity index (χ0v) is 13.3. The molecule has 0 atom stereocenters. The highest BCUT2D eigenvalue weighted by Gasteiger charge is 2.15. The second-order valence-corrected chi connectivity index (χ2v) is 8.12. The molecule has 0 unspecified atom stereocenters. The van der Waals surface area contributed by atoms with Crippen molar-refractivity contribution in [1.82, 2.24) is 14.7 Å². The highest BCUT2D eigenvalue weighted by molar-refractivity contribution is 7.89. The van der Waals surface area contributed by atoms with Gasteiger partial charge in [-0.3, -0.25) is 0 Å². The topological polar surface area (TPSA) is 94.8 Å². The molecule has 0 amide bonds. The number of aromatic nitrogens is 2. The number of nitrogens with one attached hydrogen (secondary N) is 3. The van der Waals surface area contributed by atoms with Crippen LogP contribution in [0.25, 0.3) is 11.0 Å². The smallest absolute Gasteiger partial charge is 0.306 e. The Morgan fingerprint density at radius 2 is 1.81 bits per heavy atom. The quantitative estimate of drug-likeness (QED) is 0.737. The number of hydrogen-bond acceptors (Lipinski definition) is 3. The number of H-pyrrole nitrogens is 2. The first-order valence-corrected chi connectivity index (χ1v) is 8.37. The van der Waals surface area contributed by atoms with Crippen molar-refractivity contribution in [3.63, 3.8) is 0 Å². The van der Waals surface area contributed by atoms with Crippen LogP contribution in [-0.4, -0.2) is 24.9 Å². The summed E-state index contributed by atoms with van der Waals surface area (Å²) in [5.74, 6) is 0. The molecule has 0 saturated heterocycles. The molecule has 0 aliphatic heterocycles. The SMILES string of the molecule is CC(C)(C)CCCNS(=O)(=O)c1ccc2[nH]c(=O)[nH]c2c1. The highest BCUT2D eigenvalue weighted by atomic mass is 32.2. The number of rotatable bonds is 5. The predicted octanol–water partition coefficient (Wildman–Crippen LogP) is 1.96. The van der Waals surface area contributed by atoms with E-state index in [9.17, 15) is 13.2 Å². The van der Waals surface area contributed by atoms with Gasteiger partial charge in [0.05, 0.1) is 15.9 Å². The van der Waals surface area contributed by atoms with Crippen LogP contribution < -0.4 is 10.4 Å². The van der Waals surface area contributed by atoms with E-state index < -0.39 is 10.0 Å². The molecule has 3 N–H and O–H groups in total. The van der Waals surface area contributed by atoms with Crippen LogP contribution in [0.3, 0.4) is 0 Å². The van der Waals surface area contributed by atoms with E-state index in [1.165, 1.54) is 12.1 Å². The molecular weight excluding hydrogens is 290 g/mol. The summed E-state index contributed by atoms with van der Waals surface area (Å²) in [7, 11) is -3.55. The average Bonchev–Trinajstić information content (AvgIpc) is 2.72. The van der Waals surface area contributed by atoms with Gasteiger partial charge in [0.25, 0.3) is 0 Å². The highest BCUT2D eigenvalue weighted by Crippen LogP contribution is 2.20. The van der Waals surface area contributed by atoms with Gasteiger partial charge in [-0.25, -0.2) is 17.9 Å². The predicted molar refractivity (Wildman–Crippen MR) is 82.8 cm³/mol. The van der Waals surface area contributed by atoms with E-state index >= 15 is 0 Å². The molecule has 0 fully saturated rings. The van der Waals surface area contributed by atoms with E-state index in [0.29, 0.717) is 17.6 Å². The molecule has 0 bridgehead atoms. The summed E-state index contributed by atoms with van der Waals surface area (Å²) in [5.41, 5.74) is 0.913. The summed E-state index contributed by atoms with van der Waals surface area (Å²) < 4.78 is 27.0. The first kappa shape index (κ1) is 15.8. The summed E-state index contributed by atoms with van der Waals surface area (Å²) in [6.07, 6.45) is 1.73. The molecule has 2 aromatic rings. The van der Waals surface area contributed by atoms with Crippen molar-refractivity contribution in [1.29, 1.82) is 0 Å². The largest absolute Gasteiger partial charge is 0.323 e. The van der Waals surface area contributed by atoms with E-state index in [1.54, 1.807) is 6.07 Å². The number of fused-ring (bicyclic) bond motifs is 1. The van der Waals surface area contributed by atoms with E-state index in [4.69, 9.17) is 0 Å². The average molecular weight is 311 g/mol. The summed E-state index contributed by atoms with van der Waals surface area (Å²) in [5, 5.41) is 0. The number of imidazole rings is 1. The third-order valence-electron chi connectivity index (χ3n) is 3.19. The van der Waals surface area contributed by atoms with Crippen molar-refractivity contribution in [3.05, 3.63) is 28.7 Å². The van der Waals surface area contributed by atoms with Crippen LogP contribution in [0.1, 0.15) is 33.6 Å². The molecule has 0 saturated carbocycles. The lowest BCUT2D eigenvalue weighted by molar-refractivity contribution is 0.365. The number of hydrogen-bond donors (Lipinski definition) is 3. The van der Waals surface area contributed by atoms with Gasteiger partial charge in [-0.2, -0.15) is 0 Å². The summed E-state index contributed by atoms with van der Waals surface area (Å²) in [6, 6.07) is 4.52. The Bertz CT molecular complexity index is 782. The summed E-state index contributed by atoms with van der Waals surface area (Å²) in [4.78, 5) is 16.5. The van der Waals surface area contributed by atoms with Gasteiger partial charge < -0.3 is 9.97 Å². The van der Waals surface area contributed by atoms with Crippen LogP contribution in [-0.2, 0) is 10.0 Å². The van der Waals surface area contributed by atoms with E-state index in [2.05, 4.69) is 35.5 Å². The van der Waals surface area contributed by atoms with Crippen molar-refractivity contribution in [2.45, 2.75) is 38.5 Å². The van der Waals surface area contributed by atoms with Crippen molar-refractivity contribution < 1.29 is 8.42 Å². The second-order valence-electron chi connectivity index (χ2n) is 6.35. The minimum Gasteiger partial charge on any atom is -0.306 e. The Balaban J connectivity index is 2.08. The Morgan fingerprint density at radius 1 is 1.14 bits per heavy atom. The zero-order chi connectivity index (χ0) is 15.7. The van der Waals surface area contributed by atoms with Crippen molar-refractivity contribution in [3.8, 4) is 0 Å². The minimum absolute atomic E-state index is 0.154. The molecule has 6 nitrogen and oxygen atoms in total. The lowest BCUT2D eigenvalue weighted by Gasteiger charge is -2.17. The number of sulfonamides is 1. The zero-order valence-electron chi connectivity index (χ0n) is 12.5. The van der Waals surface area contributed by atoms with Crippen molar-refractivity contribution >= 4 is 21.1 Å². The molecule has 0 radical (unpaired) electrons. The Morgan fingerprint density at radius 3 is 2.48 bits per heavy atom. The Labute approximate surface area is 124 Å². The van der Waals surface area contributed by atoms with Crippen LogP contribution in [0, 0.1) is 5.41 Å². The summed E-state index contributed by atoms with van der Waals surface area (Å²) >= 11 is 0. The van der Waals surface area contributed by atoms with Crippen LogP contribution >= 0.6 is 0 Å². The van der Waals surface area contributed by atoms with Gasteiger partial charge in [0.2, 0.25) is 10.0 Å². The van der Waals surface area contributed by atoms with Crippen molar-refractivity contribution in [2.75, 3.05) is 6.54 Å². The van der Waals surface area contributed by atoms with Crippen LogP contribution in [0.4, 0.5) is 0 Å². The molecule has 1 aromatic carbocycles. The van der Waals surface area contributed by atoms with Crippen LogP contribution in [0.15, 0.2) is 27.9 Å². The van der Waals surface area contributed by atoms with Gasteiger partial charge in [-0.1, -0.05) is 20.8 Å². The van der Waals surface area contributed by atoms with E-state index in [1.807, 2.05) is 0 Å². The standard InChI is InChI=1S/C14H21N3O3S/c1-14(2,3)7-4-8-15-21(19,20)10-5-6-11-12(9-10)17-13(18)16-11/h5-6,9,15H,4,7-8H2,1-3H3,(H2,16,17,18). The number of aromatic amines is 2. The molecule has 0 spiro atoms. The van der Waals surface area contributed by atoms with E-state index in [0.717, 1.165) is 12.8 Å². The van der Waals surface area contributed by atoms with Crippen molar-refractivity contribution in [2.24, 2.45) is 5.41 Å². The molecule has 1 heterocycles. The monoisotopic (exact) mass is 311 g/mol. The maximum Gasteiger partial charge on any atom is 0.323 e. The normalized spacial score (nSPS) is 12.9. The van der Waals surface area contributed by atoms with Gasteiger partial charge in [0.15, 0.2) is 0 Å². The fraction of sp³-hybridized carbons (Fsp3) is 0.500. The maximum atomic E-state index is 12.2. The van der Waals surface area contributed by atoms with Crippen LogP contribution in [0.5, 0.6) is 0 Å². The van der Waals surface area contributed by atoms with Gasteiger partial charge >= 0.3 is 5.69 Å². The minimum atomic E-state index is -3.55. The fourth-order valence-corrected chi connectivity index (χ4v) is 3.19. The Hall–Kier alpha value is -1.60. The van der Waals surface area contributed by atoms with E-state index in [-0.39, 0.29) is 16.0 Å². The molecule has 2 rings (SSSR count). The third-order valence-corrected chi connectivity index (χ3v) is 4.65. The fourth-order valence-electron chi connectivity index (χ4n) is 2.09. The first-order valence-electron chi connectivity index (χ1n) is 6.89. The maximum absolute atomic E-state index is 12.2. The van der Waals surface area contributed by atoms with Gasteiger partial charge in [-0.15, -0.1) is 0 Å². The second kappa shape index (κ2) is 5.65. The molecule has 0 aliphatic rings. The summed E-state index contributed by atoms with van der Waals surface area (Å²) in [6.45, 7) is 6.77. The third kappa shape index (κ3) is 4.18. The molecule has 21 heavy (non-hydrogen) atoms. The van der Waals surface area contributed by atoms with Gasteiger partial charge in [0, 0.05) is 6.54 Å². The molecule has 0 aliphatic carbocycles. The first-order chi connectivity index (χ1) is 9.67. The lowest BCUT2D eigenvalue weighted by Crippen LogP contribution is -2.25. The van der Waals surface area contributed by atoms with Gasteiger partial charge in [0.1, 0.15) is 0 Å². The van der Waals surface area contributed by atoms with Gasteiger partial charge in [-0.05, 0) is 36.5 Å². The molecule has 116 valence electrons. The Kier molecular flexibility index (Phi) is 4.25. The van der Waals surface area contributed by atoms with Crippen LogP contribution in [0.2, 0.25) is 0 Å². The molecule has 7 heteroatoms. The lowest BCUT2D eigenvalue weighted by atomic mass is 9.91. The molecule has 1 aromatic heterocycles. The number of benzene rings is 1. The molecular formula is C14H21N3O3S.